The van der Waals surface area contributed by atoms with Crippen molar-refractivity contribution in [2.75, 3.05) is 25.6 Å². The lowest BCUT2D eigenvalue weighted by Crippen LogP contribution is -2.42. The molecular weight excluding hydrogens is 634 g/mol. The normalized spacial score (nSPS) is 23.4. The van der Waals surface area contributed by atoms with E-state index in [0.717, 1.165) is 5.39 Å². The van der Waals surface area contributed by atoms with E-state index >= 15 is 4.39 Å². The van der Waals surface area contributed by atoms with Gasteiger partial charge in [0.05, 0.1) is 26.1 Å². The van der Waals surface area contributed by atoms with Crippen LogP contribution in [0.3, 0.4) is 0 Å². The number of hydrogen-bond donors (Lipinski definition) is 3. The summed E-state index contributed by atoms with van der Waals surface area (Å²) in [5, 5.41) is 15.4. The molecule has 0 radical (unpaired) electrons. The highest BCUT2D eigenvalue weighted by molar-refractivity contribution is 7.52. The van der Waals surface area contributed by atoms with Crippen molar-refractivity contribution in [2.24, 2.45) is 5.41 Å². The molecule has 1 aliphatic heterocycles. The summed E-state index contributed by atoms with van der Waals surface area (Å²) in [6.45, 7) is 9.93. The first-order chi connectivity index (χ1) is 22.1. The van der Waals surface area contributed by atoms with Crippen LogP contribution in [0, 0.1) is 5.41 Å². The second-order valence-electron chi connectivity index (χ2n) is 12.7. The Morgan fingerprint density at radius 2 is 1.96 bits per heavy atom. The number of benzene rings is 2. The number of carbonyl (C=O) groups is 1. The number of nitrogens with two attached hydrogens (primary N) is 1. The van der Waals surface area contributed by atoms with Gasteiger partial charge in [0.15, 0.2) is 23.6 Å². The van der Waals surface area contributed by atoms with Crippen molar-refractivity contribution >= 4 is 41.6 Å². The lowest BCUT2D eigenvalue weighted by molar-refractivity contribution is -0.148. The van der Waals surface area contributed by atoms with Crippen molar-refractivity contribution < 1.29 is 42.1 Å². The van der Waals surface area contributed by atoms with Crippen molar-refractivity contribution in [3.63, 3.8) is 0 Å². The van der Waals surface area contributed by atoms with Crippen molar-refractivity contribution in [1.29, 1.82) is 0 Å². The molecule has 1 unspecified atom stereocenters. The highest BCUT2D eigenvalue weighted by atomic mass is 31.2. The third kappa shape index (κ3) is 7.49. The zero-order valence-electron chi connectivity index (χ0n) is 27.0. The molecule has 14 nitrogen and oxygen atoms in total. The lowest BCUT2D eigenvalue weighted by Gasteiger charge is -2.26. The molecule has 5 rings (SSSR count). The molecule has 2 aromatic heterocycles. The largest absolute Gasteiger partial charge is 0.476 e. The predicted octanol–water partition coefficient (Wildman–Crippen LogP) is 4.72. The molecule has 0 spiro atoms. The first kappa shape index (κ1) is 34.5. The van der Waals surface area contributed by atoms with Crippen LogP contribution >= 0.6 is 7.75 Å². The molecule has 0 bridgehead atoms. The number of hydrogen-bond acceptors (Lipinski definition) is 12. The second kappa shape index (κ2) is 13.3. The fourth-order valence-corrected chi connectivity index (χ4v) is 6.56. The maximum Gasteiger partial charge on any atom is 0.459 e. The van der Waals surface area contributed by atoms with Crippen molar-refractivity contribution in [1.82, 2.24) is 24.6 Å². The van der Waals surface area contributed by atoms with Gasteiger partial charge in [-0.05, 0) is 37.6 Å². The number of rotatable bonds is 12. The average Bonchev–Trinajstić information content (AvgIpc) is 3.52. The van der Waals surface area contributed by atoms with Gasteiger partial charge in [-0.1, -0.05) is 57.2 Å². The summed E-state index contributed by atoms with van der Waals surface area (Å²) in [5.74, 6) is -0.482. The standard InChI is InChI=1S/C31H40FN6O8P/c1-7-42-26-23-25(35-29(33)36-26)38(17-34-23)28-31(6,40)24(32)22(45-28)15-44-47(41,37-18(2)27(39)43-16-30(3,4)5)46-21-14-10-12-19-11-8-9-13-20(19)21/h8-14,17-18,22,24,28,40H,7,15-16H2,1-6H3,(H,37,41)(H2,33,35,36)/t18-,22+,24+,28+,31+,47?/m0/s1. The van der Waals surface area contributed by atoms with E-state index in [-0.39, 0.29) is 47.4 Å². The van der Waals surface area contributed by atoms with Gasteiger partial charge in [0.2, 0.25) is 11.8 Å². The number of nitrogens with one attached hydrogen (secondary N) is 1. The molecule has 2 aromatic carbocycles. The Kier molecular flexibility index (Phi) is 9.76. The summed E-state index contributed by atoms with van der Waals surface area (Å²) < 4.78 is 60.1. The summed E-state index contributed by atoms with van der Waals surface area (Å²) in [7, 11) is -4.43. The molecular formula is C31H40FN6O8P. The number of carbonyl (C=O) groups excluding carboxylic acids is 1. The van der Waals surface area contributed by atoms with E-state index in [9.17, 15) is 14.5 Å². The summed E-state index contributed by atoms with van der Waals surface area (Å²) in [4.78, 5) is 25.3. The van der Waals surface area contributed by atoms with Crippen LogP contribution in [0.1, 0.15) is 47.8 Å². The number of aromatic nitrogens is 4. The Labute approximate surface area is 271 Å². The first-order valence-electron chi connectivity index (χ1n) is 15.1. The molecule has 6 atom stereocenters. The minimum atomic E-state index is -4.43. The highest BCUT2D eigenvalue weighted by Crippen LogP contribution is 2.49. The van der Waals surface area contributed by atoms with Crippen LogP contribution in [0.2, 0.25) is 0 Å². The molecule has 47 heavy (non-hydrogen) atoms. The minimum Gasteiger partial charge on any atom is -0.476 e. The smallest absolute Gasteiger partial charge is 0.459 e. The predicted molar refractivity (Wildman–Crippen MR) is 171 cm³/mol. The van der Waals surface area contributed by atoms with Gasteiger partial charge in [-0.15, -0.1) is 0 Å². The maximum absolute atomic E-state index is 15.9. The van der Waals surface area contributed by atoms with Crippen LogP contribution in [0.5, 0.6) is 11.6 Å². The molecule has 1 aliphatic rings. The average molecular weight is 675 g/mol. The Morgan fingerprint density at radius 1 is 1.23 bits per heavy atom. The number of imidazole rings is 1. The van der Waals surface area contributed by atoms with Gasteiger partial charge in [0, 0.05) is 5.39 Å². The maximum atomic E-state index is 15.9. The summed E-state index contributed by atoms with van der Waals surface area (Å²) in [6, 6.07) is 11.3. The van der Waals surface area contributed by atoms with Crippen molar-refractivity contribution in [2.45, 2.75) is 71.7 Å². The summed E-state index contributed by atoms with van der Waals surface area (Å²) in [5.41, 5.74) is 3.83. The van der Waals surface area contributed by atoms with Crippen LogP contribution < -0.4 is 20.1 Å². The first-order valence-corrected chi connectivity index (χ1v) is 16.7. The van der Waals surface area contributed by atoms with Crippen molar-refractivity contribution in [3.8, 4) is 11.6 Å². The number of esters is 1. The van der Waals surface area contributed by atoms with Gasteiger partial charge in [0.1, 0.15) is 23.5 Å². The molecule has 16 heteroatoms. The van der Waals surface area contributed by atoms with Crippen LogP contribution in [-0.4, -0.2) is 74.3 Å². The fraction of sp³-hybridized carbons (Fsp3) is 0.484. The van der Waals surface area contributed by atoms with Crippen LogP contribution in [0.25, 0.3) is 21.9 Å². The number of nitrogen functional groups attached to an aromatic ring is 1. The van der Waals surface area contributed by atoms with Crippen LogP contribution in [0.4, 0.5) is 10.3 Å². The van der Waals surface area contributed by atoms with Gasteiger partial charge >= 0.3 is 13.7 Å². The van der Waals surface area contributed by atoms with Gasteiger partial charge < -0.3 is 29.6 Å². The highest BCUT2D eigenvalue weighted by Gasteiger charge is 2.55. The number of fused-ring (bicyclic) bond motifs is 2. The Hall–Kier alpha value is -3.88. The van der Waals surface area contributed by atoms with E-state index in [4.69, 9.17) is 29.0 Å². The molecule has 254 valence electrons. The van der Waals surface area contributed by atoms with E-state index in [1.165, 1.54) is 24.7 Å². The monoisotopic (exact) mass is 674 g/mol. The van der Waals surface area contributed by atoms with Gasteiger partial charge in [-0.25, -0.2) is 13.9 Å². The number of aliphatic hydroxyl groups is 1. The topological polar surface area (TPSA) is 182 Å². The van der Waals surface area contributed by atoms with E-state index in [1.54, 1.807) is 31.2 Å². The molecule has 3 heterocycles. The number of nitrogens with zero attached hydrogens (tertiary/aromatic N) is 4. The van der Waals surface area contributed by atoms with E-state index < -0.39 is 50.5 Å². The molecule has 0 amide bonds. The number of ether oxygens (including phenoxy) is 3. The second-order valence-corrected chi connectivity index (χ2v) is 14.4. The van der Waals surface area contributed by atoms with Crippen LogP contribution in [0.15, 0.2) is 48.8 Å². The molecule has 4 aromatic rings. The molecule has 0 aliphatic carbocycles. The van der Waals surface area contributed by atoms with E-state index in [1.807, 2.05) is 39.0 Å². The molecule has 4 N–H and O–H groups in total. The zero-order chi connectivity index (χ0) is 34.1. The molecule has 1 saturated heterocycles. The van der Waals surface area contributed by atoms with Crippen LogP contribution in [-0.2, 0) is 23.4 Å². The summed E-state index contributed by atoms with van der Waals surface area (Å²) >= 11 is 0. The van der Waals surface area contributed by atoms with Gasteiger partial charge in [-0.2, -0.15) is 15.1 Å². The molecule has 0 saturated carbocycles. The SMILES string of the molecule is CCOc1nc(N)nc2c1ncn2[C@@H]1O[C@H](COP(=O)(N[C@@H](C)C(=O)OCC(C)(C)C)Oc2cccc3ccccc23)[C@@H](F)[C@@]1(C)O. The third-order valence-corrected chi connectivity index (χ3v) is 8.99. The lowest BCUT2D eigenvalue weighted by atomic mass is 9.98. The van der Waals surface area contributed by atoms with Gasteiger partial charge in [-0.3, -0.25) is 13.9 Å². The Bertz CT molecular complexity index is 1790. The van der Waals surface area contributed by atoms with E-state index in [0.29, 0.717) is 5.39 Å². The molecule has 1 fully saturated rings. The zero-order valence-corrected chi connectivity index (χ0v) is 27.9. The Morgan fingerprint density at radius 3 is 2.68 bits per heavy atom. The summed E-state index contributed by atoms with van der Waals surface area (Å²) in [6.07, 6.45) is -3.52. The van der Waals surface area contributed by atoms with Crippen molar-refractivity contribution in [3.05, 3.63) is 48.8 Å². The number of halogens is 1. The van der Waals surface area contributed by atoms with Gasteiger partial charge in [0.25, 0.3) is 0 Å². The number of anilines is 1. The number of alkyl halides is 1. The third-order valence-electron chi connectivity index (χ3n) is 7.36. The minimum absolute atomic E-state index is 0.120. The Balaban J connectivity index is 1.40. The fourth-order valence-electron chi connectivity index (χ4n) is 5.04. The van der Waals surface area contributed by atoms with E-state index in [2.05, 4.69) is 20.0 Å². The quantitative estimate of drug-likeness (QED) is 0.139.